The van der Waals surface area contributed by atoms with Gasteiger partial charge in [-0.3, -0.25) is 0 Å². The number of nitrogens with one attached hydrogen (secondary N) is 2. The highest BCUT2D eigenvalue weighted by Crippen LogP contribution is 2.32. The van der Waals surface area contributed by atoms with Crippen LogP contribution in [0, 0.1) is 0 Å². The summed E-state index contributed by atoms with van der Waals surface area (Å²) in [4.78, 5) is 11.9. The standard InChI is InChI=1S/C15H14Cl2N2O3/c16-10-1-3-12(4-2-10)18-15(22)19-13-8-11(17)7-9(5-6-20)14(13)21/h1-4,7-8,20-21H,5-6H2,(H2,18,19,22). The molecule has 0 aliphatic carbocycles. The van der Waals surface area contributed by atoms with Crippen molar-refractivity contribution in [2.24, 2.45) is 0 Å². The fourth-order valence-electron chi connectivity index (χ4n) is 1.88. The van der Waals surface area contributed by atoms with Crippen LogP contribution in [0.4, 0.5) is 16.2 Å². The SMILES string of the molecule is O=C(Nc1ccc(Cl)cc1)Nc1cc(Cl)cc(CCO)c1O. The monoisotopic (exact) mass is 340 g/mol. The third-order valence-electron chi connectivity index (χ3n) is 2.89. The van der Waals surface area contributed by atoms with Crippen molar-refractivity contribution in [3.05, 3.63) is 52.0 Å². The number of benzene rings is 2. The molecule has 0 fully saturated rings. The third kappa shape index (κ3) is 4.27. The summed E-state index contributed by atoms with van der Waals surface area (Å²) in [5, 5.41) is 25.1. The van der Waals surface area contributed by atoms with Crippen molar-refractivity contribution in [2.45, 2.75) is 6.42 Å². The lowest BCUT2D eigenvalue weighted by molar-refractivity contribution is 0.262. The number of aliphatic hydroxyl groups is 1. The minimum atomic E-state index is -0.533. The molecule has 0 radical (unpaired) electrons. The Morgan fingerprint density at radius 2 is 1.73 bits per heavy atom. The molecule has 0 heterocycles. The average molecular weight is 341 g/mol. The molecule has 116 valence electrons. The van der Waals surface area contributed by atoms with Gasteiger partial charge in [-0.25, -0.2) is 4.79 Å². The molecule has 0 saturated heterocycles. The zero-order valence-corrected chi connectivity index (χ0v) is 12.9. The first-order valence-electron chi connectivity index (χ1n) is 6.45. The van der Waals surface area contributed by atoms with E-state index in [9.17, 15) is 9.90 Å². The topological polar surface area (TPSA) is 81.6 Å². The van der Waals surface area contributed by atoms with Gasteiger partial charge in [-0.05, 0) is 48.4 Å². The summed E-state index contributed by atoms with van der Waals surface area (Å²) in [6.07, 6.45) is 0.236. The predicted molar refractivity (Wildman–Crippen MR) is 88.0 cm³/mol. The van der Waals surface area contributed by atoms with Crippen molar-refractivity contribution in [1.82, 2.24) is 0 Å². The largest absolute Gasteiger partial charge is 0.505 e. The number of phenolic OH excluding ortho intramolecular Hbond substituents is 1. The number of amides is 2. The molecule has 2 rings (SSSR count). The Hall–Kier alpha value is -1.95. The van der Waals surface area contributed by atoms with Crippen LogP contribution in [0.3, 0.4) is 0 Å². The smallest absolute Gasteiger partial charge is 0.323 e. The van der Waals surface area contributed by atoms with Crippen LogP contribution in [0.2, 0.25) is 10.0 Å². The number of aromatic hydroxyl groups is 1. The fraction of sp³-hybridized carbons (Fsp3) is 0.133. The summed E-state index contributed by atoms with van der Waals surface area (Å²) in [5.74, 6) is -0.121. The molecule has 0 bridgehead atoms. The maximum absolute atomic E-state index is 11.9. The maximum atomic E-state index is 11.9. The van der Waals surface area contributed by atoms with Crippen LogP contribution in [-0.2, 0) is 6.42 Å². The summed E-state index contributed by atoms with van der Waals surface area (Å²) in [6, 6.07) is 9.03. The molecule has 0 atom stereocenters. The van der Waals surface area contributed by atoms with E-state index in [4.69, 9.17) is 28.3 Å². The van der Waals surface area contributed by atoms with Gasteiger partial charge in [0, 0.05) is 22.3 Å². The minimum absolute atomic E-state index is 0.121. The van der Waals surface area contributed by atoms with E-state index in [1.165, 1.54) is 12.1 Å². The van der Waals surface area contributed by atoms with Gasteiger partial charge >= 0.3 is 6.03 Å². The fourth-order valence-corrected chi connectivity index (χ4v) is 2.25. The summed E-state index contributed by atoms with van der Waals surface area (Å²) in [5.41, 5.74) is 1.18. The number of hydrogen-bond donors (Lipinski definition) is 4. The Kier molecular flexibility index (Phi) is 5.49. The second-order valence-electron chi connectivity index (χ2n) is 4.52. The van der Waals surface area contributed by atoms with Gasteiger partial charge in [0.25, 0.3) is 0 Å². The quantitative estimate of drug-likeness (QED) is 0.637. The molecule has 22 heavy (non-hydrogen) atoms. The van der Waals surface area contributed by atoms with Gasteiger partial charge in [0.05, 0.1) is 5.69 Å². The number of hydrogen-bond acceptors (Lipinski definition) is 3. The van der Waals surface area contributed by atoms with Gasteiger partial charge in [-0.2, -0.15) is 0 Å². The molecule has 7 heteroatoms. The number of halogens is 2. The number of phenols is 1. The van der Waals surface area contributed by atoms with Crippen molar-refractivity contribution in [2.75, 3.05) is 17.2 Å². The number of carbonyl (C=O) groups excluding carboxylic acids is 1. The van der Waals surface area contributed by atoms with Gasteiger partial charge in [-0.1, -0.05) is 23.2 Å². The van der Waals surface area contributed by atoms with Gasteiger partial charge in [0.15, 0.2) is 0 Å². The molecule has 4 N–H and O–H groups in total. The summed E-state index contributed by atoms with van der Waals surface area (Å²) in [7, 11) is 0. The zero-order valence-electron chi connectivity index (χ0n) is 11.4. The molecular weight excluding hydrogens is 327 g/mol. The second-order valence-corrected chi connectivity index (χ2v) is 5.39. The van der Waals surface area contributed by atoms with E-state index in [0.29, 0.717) is 21.3 Å². The van der Waals surface area contributed by atoms with Gasteiger partial charge in [0.1, 0.15) is 5.75 Å². The average Bonchev–Trinajstić information content (AvgIpc) is 2.46. The molecular formula is C15H14Cl2N2O3. The summed E-state index contributed by atoms with van der Waals surface area (Å²) < 4.78 is 0. The van der Waals surface area contributed by atoms with Crippen molar-refractivity contribution < 1.29 is 15.0 Å². The molecule has 0 aliphatic heterocycles. The van der Waals surface area contributed by atoms with Crippen LogP contribution >= 0.6 is 23.2 Å². The van der Waals surface area contributed by atoms with Gasteiger partial charge in [0.2, 0.25) is 0 Å². The van der Waals surface area contributed by atoms with E-state index >= 15 is 0 Å². The molecule has 5 nitrogen and oxygen atoms in total. The highest BCUT2D eigenvalue weighted by atomic mass is 35.5. The van der Waals surface area contributed by atoms with Crippen molar-refractivity contribution in [3.8, 4) is 5.75 Å². The van der Waals surface area contributed by atoms with E-state index in [-0.39, 0.29) is 24.5 Å². The van der Waals surface area contributed by atoms with Crippen molar-refractivity contribution in [1.29, 1.82) is 0 Å². The first-order valence-corrected chi connectivity index (χ1v) is 7.21. The second kappa shape index (κ2) is 7.35. The maximum Gasteiger partial charge on any atom is 0.323 e. The van der Waals surface area contributed by atoms with Crippen LogP contribution in [0.1, 0.15) is 5.56 Å². The minimum Gasteiger partial charge on any atom is -0.505 e. The Morgan fingerprint density at radius 3 is 2.36 bits per heavy atom. The number of carbonyl (C=O) groups is 1. The predicted octanol–water partition coefficient (Wildman–Crippen LogP) is 3.88. The molecule has 2 aromatic rings. The molecule has 0 aliphatic rings. The molecule has 0 saturated carbocycles. The number of rotatable bonds is 4. The lowest BCUT2D eigenvalue weighted by Crippen LogP contribution is -2.19. The molecule has 0 unspecified atom stereocenters. The Balaban J connectivity index is 2.12. The lowest BCUT2D eigenvalue weighted by atomic mass is 10.1. The van der Waals surface area contributed by atoms with Crippen LogP contribution < -0.4 is 10.6 Å². The number of urea groups is 1. The van der Waals surface area contributed by atoms with E-state index in [0.717, 1.165) is 0 Å². The number of aliphatic hydroxyl groups excluding tert-OH is 1. The Bertz CT molecular complexity index is 675. The van der Waals surface area contributed by atoms with Crippen LogP contribution in [0.25, 0.3) is 0 Å². The highest BCUT2D eigenvalue weighted by molar-refractivity contribution is 6.31. The molecule has 0 aromatic heterocycles. The molecule has 2 aromatic carbocycles. The van der Waals surface area contributed by atoms with E-state index < -0.39 is 6.03 Å². The molecule has 2 amide bonds. The van der Waals surface area contributed by atoms with Crippen molar-refractivity contribution >= 4 is 40.6 Å². The zero-order chi connectivity index (χ0) is 16.1. The van der Waals surface area contributed by atoms with E-state index in [1.54, 1.807) is 24.3 Å². The highest BCUT2D eigenvalue weighted by Gasteiger charge is 2.12. The third-order valence-corrected chi connectivity index (χ3v) is 3.36. The van der Waals surface area contributed by atoms with E-state index in [2.05, 4.69) is 10.6 Å². The van der Waals surface area contributed by atoms with Crippen LogP contribution in [0.15, 0.2) is 36.4 Å². The summed E-state index contributed by atoms with van der Waals surface area (Å²) in [6.45, 7) is -0.135. The Morgan fingerprint density at radius 1 is 1.05 bits per heavy atom. The van der Waals surface area contributed by atoms with Crippen LogP contribution in [0.5, 0.6) is 5.75 Å². The normalized spacial score (nSPS) is 10.3. The first kappa shape index (κ1) is 16.4. The van der Waals surface area contributed by atoms with Gasteiger partial charge in [-0.15, -0.1) is 0 Å². The van der Waals surface area contributed by atoms with Crippen LogP contribution in [-0.4, -0.2) is 22.9 Å². The first-order chi connectivity index (χ1) is 10.5. The van der Waals surface area contributed by atoms with E-state index in [1.807, 2.05) is 0 Å². The Labute approximate surface area is 137 Å². The number of anilines is 2. The van der Waals surface area contributed by atoms with Crippen molar-refractivity contribution in [3.63, 3.8) is 0 Å². The lowest BCUT2D eigenvalue weighted by Gasteiger charge is -2.12. The summed E-state index contributed by atoms with van der Waals surface area (Å²) >= 11 is 11.7. The molecule has 0 spiro atoms. The van der Waals surface area contributed by atoms with Gasteiger partial charge < -0.3 is 20.8 Å².